The Bertz CT molecular complexity index is 301. The third-order valence-electron chi connectivity index (χ3n) is 5.94. The molecule has 0 unspecified atom stereocenters. The van der Waals surface area contributed by atoms with Crippen molar-refractivity contribution in [2.24, 2.45) is 11.8 Å². The van der Waals surface area contributed by atoms with Crippen LogP contribution in [0, 0.1) is 11.8 Å². The maximum absolute atomic E-state index is 11.7. The maximum atomic E-state index is 11.7. The highest BCUT2D eigenvalue weighted by molar-refractivity contribution is 6.83. The van der Waals surface area contributed by atoms with E-state index in [2.05, 4.69) is 41.5 Å². The SMILES string of the molecule is COC(=O)[C@@H]1CC[C@@H](C[Si](C(C)C)(C(C)C)C(C)C)C1. The third kappa shape index (κ3) is 3.47. The van der Waals surface area contributed by atoms with Crippen LogP contribution in [-0.4, -0.2) is 21.2 Å². The summed E-state index contributed by atoms with van der Waals surface area (Å²) in [6, 6.07) is 1.40. The van der Waals surface area contributed by atoms with Gasteiger partial charge in [-0.1, -0.05) is 64.2 Å². The Hall–Kier alpha value is -0.313. The van der Waals surface area contributed by atoms with E-state index in [1.807, 2.05) is 0 Å². The van der Waals surface area contributed by atoms with Gasteiger partial charge < -0.3 is 4.74 Å². The molecule has 1 aliphatic carbocycles. The van der Waals surface area contributed by atoms with Gasteiger partial charge in [0.05, 0.1) is 21.1 Å². The lowest BCUT2D eigenvalue weighted by Gasteiger charge is -2.45. The van der Waals surface area contributed by atoms with Gasteiger partial charge in [-0.05, 0) is 25.2 Å². The Balaban J connectivity index is 2.80. The molecule has 0 radical (unpaired) electrons. The number of ether oxygens (including phenoxy) is 1. The molecule has 3 heteroatoms. The van der Waals surface area contributed by atoms with Crippen LogP contribution < -0.4 is 0 Å². The molecule has 1 rings (SSSR count). The molecule has 0 spiro atoms. The molecule has 20 heavy (non-hydrogen) atoms. The van der Waals surface area contributed by atoms with Crippen molar-refractivity contribution < 1.29 is 9.53 Å². The minimum atomic E-state index is -1.32. The largest absolute Gasteiger partial charge is 0.469 e. The molecule has 2 nitrogen and oxygen atoms in total. The standard InChI is InChI=1S/C17H34O2Si/c1-12(2)20(13(3)4,14(5)6)11-15-8-9-16(10-15)17(18)19-7/h12-16H,8-11H2,1-7H3/t15-,16-/m1/s1. The molecule has 0 aromatic carbocycles. The molecule has 0 aromatic rings. The minimum absolute atomic E-state index is 0.0124. The fourth-order valence-electron chi connectivity index (χ4n) is 4.85. The Kier molecular flexibility index (Phi) is 6.30. The predicted octanol–water partition coefficient (Wildman–Crippen LogP) is 5.25. The lowest BCUT2D eigenvalue weighted by atomic mass is 10.1. The Morgan fingerprint density at radius 1 is 1.05 bits per heavy atom. The van der Waals surface area contributed by atoms with Gasteiger partial charge in [0.25, 0.3) is 0 Å². The van der Waals surface area contributed by atoms with Crippen LogP contribution in [-0.2, 0) is 9.53 Å². The number of methoxy groups -OCH3 is 1. The number of hydrogen-bond donors (Lipinski definition) is 0. The van der Waals surface area contributed by atoms with Crippen molar-refractivity contribution in [1.82, 2.24) is 0 Å². The highest BCUT2D eigenvalue weighted by atomic mass is 28.3. The molecule has 0 aliphatic heterocycles. The van der Waals surface area contributed by atoms with Crippen LogP contribution in [0.25, 0.3) is 0 Å². The summed E-state index contributed by atoms with van der Waals surface area (Å²) in [5.41, 5.74) is 2.46. The lowest BCUT2D eigenvalue weighted by molar-refractivity contribution is -0.145. The molecule has 0 heterocycles. The Morgan fingerprint density at radius 2 is 1.55 bits per heavy atom. The summed E-state index contributed by atoms with van der Waals surface area (Å²) in [7, 11) is 0.200. The van der Waals surface area contributed by atoms with Crippen LogP contribution in [0.1, 0.15) is 60.8 Å². The highest BCUT2D eigenvalue weighted by Gasteiger charge is 2.45. The van der Waals surface area contributed by atoms with Crippen LogP contribution in [0.2, 0.25) is 22.7 Å². The van der Waals surface area contributed by atoms with Crippen LogP contribution in [0.4, 0.5) is 0 Å². The van der Waals surface area contributed by atoms with Gasteiger partial charge in [0.2, 0.25) is 0 Å². The van der Waals surface area contributed by atoms with E-state index in [0.717, 1.165) is 35.4 Å². The summed E-state index contributed by atoms with van der Waals surface area (Å²) in [5, 5.41) is 0. The molecule has 0 saturated heterocycles. The van der Waals surface area contributed by atoms with E-state index in [9.17, 15) is 4.79 Å². The monoisotopic (exact) mass is 298 g/mol. The highest BCUT2D eigenvalue weighted by Crippen LogP contribution is 2.49. The van der Waals surface area contributed by atoms with E-state index >= 15 is 0 Å². The predicted molar refractivity (Wildman–Crippen MR) is 88.7 cm³/mol. The molecule has 0 bridgehead atoms. The van der Waals surface area contributed by atoms with Crippen molar-refractivity contribution in [2.45, 2.75) is 83.5 Å². The number of carbonyl (C=O) groups excluding carboxylic acids is 1. The second kappa shape index (κ2) is 7.10. The first-order chi connectivity index (χ1) is 9.25. The summed E-state index contributed by atoms with van der Waals surface area (Å²) < 4.78 is 4.93. The molecular weight excluding hydrogens is 264 g/mol. The van der Waals surface area contributed by atoms with Crippen molar-refractivity contribution in [3.63, 3.8) is 0 Å². The van der Waals surface area contributed by atoms with Gasteiger partial charge in [-0.3, -0.25) is 4.79 Å². The minimum Gasteiger partial charge on any atom is -0.469 e. The van der Waals surface area contributed by atoms with Gasteiger partial charge in [0, 0.05) is 0 Å². The van der Waals surface area contributed by atoms with Crippen LogP contribution >= 0.6 is 0 Å². The van der Waals surface area contributed by atoms with Crippen LogP contribution in [0.15, 0.2) is 0 Å². The fourth-order valence-corrected chi connectivity index (χ4v) is 11.6. The van der Waals surface area contributed by atoms with Crippen molar-refractivity contribution in [3.05, 3.63) is 0 Å². The first kappa shape index (κ1) is 17.7. The second-order valence-corrected chi connectivity index (χ2v) is 13.8. The van der Waals surface area contributed by atoms with E-state index in [0.29, 0.717) is 0 Å². The topological polar surface area (TPSA) is 26.3 Å². The van der Waals surface area contributed by atoms with Gasteiger partial charge in [0.15, 0.2) is 0 Å². The molecule has 1 saturated carbocycles. The Labute approximate surface area is 126 Å². The van der Waals surface area contributed by atoms with E-state index in [-0.39, 0.29) is 11.9 Å². The molecule has 2 atom stereocenters. The summed E-state index contributed by atoms with van der Waals surface area (Å²) in [6.07, 6.45) is 3.32. The van der Waals surface area contributed by atoms with Gasteiger partial charge in [0.1, 0.15) is 0 Å². The van der Waals surface area contributed by atoms with Crippen LogP contribution in [0.3, 0.4) is 0 Å². The lowest BCUT2D eigenvalue weighted by Crippen LogP contribution is -2.45. The number of carbonyl (C=O) groups is 1. The molecule has 0 N–H and O–H groups in total. The maximum Gasteiger partial charge on any atom is 0.308 e. The van der Waals surface area contributed by atoms with Gasteiger partial charge >= 0.3 is 5.97 Å². The fraction of sp³-hybridized carbons (Fsp3) is 0.941. The number of rotatable bonds is 6. The normalized spacial score (nSPS) is 23.9. The molecule has 0 amide bonds. The Morgan fingerprint density at radius 3 is 1.95 bits per heavy atom. The summed E-state index contributed by atoms with van der Waals surface area (Å²) in [5.74, 6) is 0.930. The zero-order chi connectivity index (χ0) is 15.5. The first-order valence-corrected chi connectivity index (χ1v) is 10.8. The molecule has 1 fully saturated rings. The van der Waals surface area contributed by atoms with Gasteiger partial charge in [-0.2, -0.15) is 0 Å². The van der Waals surface area contributed by atoms with Crippen molar-refractivity contribution in [3.8, 4) is 0 Å². The van der Waals surface area contributed by atoms with E-state index in [1.165, 1.54) is 19.6 Å². The zero-order valence-electron chi connectivity index (χ0n) is 14.5. The molecule has 118 valence electrons. The van der Waals surface area contributed by atoms with Crippen molar-refractivity contribution in [2.75, 3.05) is 7.11 Å². The van der Waals surface area contributed by atoms with E-state index in [1.54, 1.807) is 0 Å². The summed E-state index contributed by atoms with van der Waals surface area (Å²) >= 11 is 0. The summed E-state index contributed by atoms with van der Waals surface area (Å²) in [6.45, 7) is 14.6. The van der Waals surface area contributed by atoms with Gasteiger partial charge in [-0.15, -0.1) is 0 Å². The quantitative estimate of drug-likeness (QED) is 0.494. The summed E-state index contributed by atoms with van der Waals surface area (Å²) in [4.78, 5) is 11.7. The van der Waals surface area contributed by atoms with E-state index < -0.39 is 8.07 Å². The molecule has 1 aliphatic rings. The van der Waals surface area contributed by atoms with Gasteiger partial charge in [-0.25, -0.2) is 0 Å². The van der Waals surface area contributed by atoms with Crippen molar-refractivity contribution >= 4 is 14.0 Å². The number of esters is 1. The second-order valence-electron chi connectivity index (χ2n) is 7.68. The average molecular weight is 299 g/mol. The smallest absolute Gasteiger partial charge is 0.308 e. The molecule has 0 aromatic heterocycles. The number of hydrogen-bond acceptors (Lipinski definition) is 2. The zero-order valence-corrected chi connectivity index (χ0v) is 15.5. The first-order valence-electron chi connectivity index (χ1n) is 8.33. The average Bonchev–Trinajstić information content (AvgIpc) is 2.81. The third-order valence-corrected chi connectivity index (χ3v) is 13.7. The van der Waals surface area contributed by atoms with E-state index in [4.69, 9.17) is 4.74 Å². The van der Waals surface area contributed by atoms with Crippen molar-refractivity contribution in [1.29, 1.82) is 0 Å². The van der Waals surface area contributed by atoms with Crippen LogP contribution in [0.5, 0.6) is 0 Å². The molecular formula is C17H34O2Si.